The first kappa shape index (κ1) is 37.7. The first-order valence-corrected chi connectivity index (χ1v) is 17.6. The molecule has 0 bridgehead atoms. The lowest BCUT2D eigenvalue weighted by atomic mass is 9.90. The molecule has 3 saturated heterocycles. The number of carbonyl (C=O) groups is 1. The molecule has 0 amide bonds. The Hall–Kier alpha value is -5.51. The van der Waals surface area contributed by atoms with Crippen molar-refractivity contribution in [1.29, 1.82) is 0 Å². The van der Waals surface area contributed by atoms with Gasteiger partial charge in [0.25, 0.3) is 12.0 Å². The Morgan fingerprint density at radius 1 is 1.04 bits per heavy atom. The van der Waals surface area contributed by atoms with Gasteiger partial charge in [0.1, 0.15) is 28.2 Å². The average molecular weight is 707 g/mol. The van der Waals surface area contributed by atoms with E-state index >= 15 is 0 Å². The summed E-state index contributed by atoms with van der Waals surface area (Å²) in [6.07, 6.45) is 12.4. The van der Waals surface area contributed by atoms with Crippen LogP contribution in [0.15, 0.2) is 82.4 Å². The molecule has 1 unspecified atom stereocenters. The van der Waals surface area contributed by atoms with E-state index in [-0.39, 0.29) is 23.7 Å². The lowest BCUT2D eigenvalue weighted by molar-refractivity contribution is -0.228. The number of anilines is 2. The minimum atomic E-state index is -0.303. The Morgan fingerprint density at radius 2 is 1.77 bits per heavy atom. The molecule has 0 radical (unpaired) electrons. The number of benzene rings is 1. The van der Waals surface area contributed by atoms with E-state index in [9.17, 15) is 4.79 Å². The van der Waals surface area contributed by atoms with Crippen molar-refractivity contribution >= 4 is 40.0 Å². The summed E-state index contributed by atoms with van der Waals surface area (Å²) < 4.78 is 17.3. The lowest BCUT2D eigenvalue weighted by Gasteiger charge is -2.53. The Labute approximate surface area is 303 Å². The van der Waals surface area contributed by atoms with E-state index in [1.54, 1.807) is 18.6 Å². The van der Waals surface area contributed by atoms with E-state index in [1.807, 2.05) is 62.4 Å². The predicted octanol–water partition coefficient (Wildman–Crippen LogP) is 5.99. The van der Waals surface area contributed by atoms with Crippen LogP contribution < -0.4 is 15.4 Å². The molecule has 12 nitrogen and oxygen atoms in total. The predicted molar refractivity (Wildman–Crippen MR) is 203 cm³/mol. The van der Waals surface area contributed by atoms with E-state index in [0.717, 1.165) is 64.3 Å². The summed E-state index contributed by atoms with van der Waals surface area (Å²) in [5, 5.41) is 7.97. The second-order valence-corrected chi connectivity index (χ2v) is 12.4. The number of aromatic nitrogens is 4. The summed E-state index contributed by atoms with van der Waals surface area (Å²) in [6, 6.07) is 13.7. The van der Waals surface area contributed by atoms with Crippen LogP contribution in [0.25, 0.3) is 22.1 Å². The van der Waals surface area contributed by atoms with E-state index in [4.69, 9.17) is 28.8 Å². The summed E-state index contributed by atoms with van der Waals surface area (Å²) in [7, 11) is 0. The van der Waals surface area contributed by atoms with Crippen molar-refractivity contribution in [1.82, 2.24) is 19.9 Å². The van der Waals surface area contributed by atoms with E-state index < -0.39 is 0 Å². The zero-order valence-corrected chi connectivity index (χ0v) is 30.2. The number of nitrogens with one attached hydrogen (secondary N) is 1. The average Bonchev–Trinajstić information content (AvgIpc) is 3.84. The number of hydrogen-bond donors (Lipinski definition) is 2. The number of para-hydroxylation sites is 1. The van der Waals surface area contributed by atoms with Crippen molar-refractivity contribution in [2.45, 2.75) is 58.6 Å². The third kappa shape index (κ3) is 8.67. The zero-order valence-electron chi connectivity index (χ0n) is 30.2. The standard InChI is InChI=1S/C19H19N3O3.C16H17N3O.C4H8.CH2O2/c1-14-19(12-24-13-19)25-8-7-22(14)17-9-16(11-21-18(17)23)5-4-15-3-2-6-20-10-15;1-2-13-17-14-11-7-3-4-8-12(11)20-15(14)16(18-13)19-9-5-6-10-19;1-3-4-2;2-1-3/h2-3,6,9-11,14H,7-8,12-13H2,1H3,(H,21,23);3-4,7-8H,2,5-6,9-10H2,1H3;3-4H,1-2H3;1H,(H,2,3)/b;;4-3-;. The molecule has 7 heterocycles. The number of furan rings is 1. The molecule has 2 N–H and O–H groups in total. The molecule has 0 saturated carbocycles. The van der Waals surface area contributed by atoms with Crippen molar-refractivity contribution in [3.63, 3.8) is 0 Å². The highest BCUT2D eigenvalue weighted by Gasteiger charge is 2.50. The number of ether oxygens (including phenoxy) is 2. The van der Waals surface area contributed by atoms with Gasteiger partial charge in [-0.15, -0.1) is 0 Å². The molecule has 4 aromatic heterocycles. The van der Waals surface area contributed by atoms with Crippen molar-refractivity contribution < 1.29 is 23.8 Å². The summed E-state index contributed by atoms with van der Waals surface area (Å²) >= 11 is 0. The molecule has 1 spiro atoms. The Bertz CT molecular complexity index is 2070. The largest absolute Gasteiger partial charge is 0.483 e. The molecule has 1 aromatic carbocycles. The Kier molecular flexibility index (Phi) is 13.2. The fourth-order valence-electron chi connectivity index (χ4n) is 6.16. The topological polar surface area (TPSA) is 147 Å². The molecule has 8 rings (SSSR count). The van der Waals surface area contributed by atoms with Crippen molar-refractivity contribution in [3.8, 4) is 11.8 Å². The van der Waals surface area contributed by atoms with E-state index in [0.29, 0.717) is 32.1 Å². The number of nitrogens with zero attached hydrogens (tertiary/aromatic N) is 5. The van der Waals surface area contributed by atoms with Crippen molar-refractivity contribution in [2.24, 2.45) is 0 Å². The molecule has 0 aliphatic carbocycles. The molecule has 1 atom stereocenters. The van der Waals surface area contributed by atoms with Gasteiger partial charge in [-0.1, -0.05) is 43.0 Å². The number of hydrogen-bond acceptors (Lipinski definition) is 10. The molecular formula is C40H46N6O6. The number of morpholine rings is 1. The van der Waals surface area contributed by atoms with Crippen LogP contribution in [0.2, 0.25) is 0 Å². The fraction of sp³-hybridized carbons (Fsp3) is 0.375. The van der Waals surface area contributed by atoms with Crippen molar-refractivity contribution in [3.05, 3.63) is 101 Å². The molecule has 272 valence electrons. The third-order valence-corrected chi connectivity index (χ3v) is 9.15. The van der Waals surface area contributed by atoms with Gasteiger partial charge < -0.3 is 33.8 Å². The number of rotatable bonds is 3. The fourth-order valence-corrected chi connectivity index (χ4v) is 6.16. The second kappa shape index (κ2) is 18.1. The van der Waals surface area contributed by atoms with Gasteiger partial charge in [-0.25, -0.2) is 9.97 Å². The lowest BCUT2D eigenvalue weighted by Crippen LogP contribution is -2.68. The number of aryl methyl sites for hydroxylation is 1. The quantitative estimate of drug-likeness (QED) is 0.130. The summed E-state index contributed by atoms with van der Waals surface area (Å²) in [5.74, 6) is 8.02. The molecule has 3 aliphatic heterocycles. The van der Waals surface area contributed by atoms with Crippen LogP contribution in [0.3, 0.4) is 0 Å². The minimum absolute atomic E-state index is 0.0673. The van der Waals surface area contributed by atoms with Gasteiger partial charge in [0, 0.05) is 61.2 Å². The summed E-state index contributed by atoms with van der Waals surface area (Å²) in [6.45, 7) is 12.4. The first-order chi connectivity index (χ1) is 25.4. The van der Waals surface area contributed by atoms with Gasteiger partial charge in [0.15, 0.2) is 11.4 Å². The SMILES string of the molecule is C/C=C\C.CC1N(c2cc(C#Cc3cccnc3)c[nH]c2=O)CCOC12COC2.CCc1nc(N2CCCC2)c2oc3ccccc3c2n1.O=CO. The summed E-state index contributed by atoms with van der Waals surface area (Å²) in [4.78, 5) is 41.4. The van der Waals surface area contributed by atoms with Crippen LogP contribution in [0, 0.1) is 11.8 Å². The van der Waals surface area contributed by atoms with Gasteiger partial charge in [0.05, 0.1) is 25.9 Å². The van der Waals surface area contributed by atoms with Gasteiger partial charge >= 0.3 is 0 Å². The summed E-state index contributed by atoms with van der Waals surface area (Å²) in [5.41, 5.74) is 4.49. The van der Waals surface area contributed by atoms with Crippen LogP contribution >= 0.6 is 0 Å². The molecule has 12 heteroatoms. The maximum atomic E-state index is 12.4. The minimum Gasteiger partial charge on any atom is -0.483 e. The van der Waals surface area contributed by atoms with Gasteiger partial charge in [-0.2, -0.15) is 0 Å². The van der Waals surface area contributed by atoms with E-state index in [2.05, 4.69) is 56.5 Å². The van der Waals surface area contributed by atoms with Crippen molar-refractivity contribution in [2.75, 3.05) is 49.3 Å². The van der Waals surface area contributed by atoms with Gasteiger partial charge in [-0.3, -0.25) is 14.6 Å². The van der Waals surface area contributed by atoms with Crippen LogP contribution in [-0.4, -0.2) is 82.6 Å². The normalized spacial score (nSPS) is 17.2. The maximum absolute atomic E-state index is 12.4. The monoisotopic (exact) mass is 706 g/mol. The highest BCUT2D eigenvalue weighted by Crippen LogP contribution is 2.35. The number of allylic oxidation sites excluding steroid dienone is 2. The number of carboxylic acid groups (broad SMARTS) is 1. The van der Waals surface area contributed by atoms with Crippen LogP contribution in [-0.2, 0) is 20.7 Å². The van der Waals surface area contributed by atoms with Crippen LogP contribution in [0.4, 0.5) is 11.5 Å². The molecular weight excluding hydrogens is 660 g/mol. The number of aromatic amines is 1. The van der Waals surface area contributed by atoms with Gasteiger partial charge in [-0.05, 0) is 63.9 Å². The second-order valence-electron chi connectivity index (χ2n) is 12.4. The maximum Gasteiger partial charge on any atom is 0.290 e. The Morgan fingerprint density at radius 3 is 2.42 bits per heavy atom. The highest BCUT2D eigenvalue weighted by molar-refractivity contribution is 6.05. The number of pyridine rings is 2. The molecule has 52 heavy (non-hydrogen) atoms. The number of fused-ring (bicyclic) bond motifs is 3. The molecule has 3 fully saturated rings. The molecule has 5 aromatic rings. The van der Waals surface area contributed by atoms with Gasteiger partial charge in [0.2, 0.25) is 0 Å². The van der Waals surface area contributed by atoms with Crippen LogP contribution in [0.5, 0.6) is 0 Å². The first-order valence-electron chi connectivity index (χ1n) is 17.6. The zero-order chi connectivity index (χ0) is 36.9. The molecule has 3 aliphatic rings. The highest BCUT2D eigenvalue weighted by atomic mass is 16.6. The van der Waals surface area contributed by atoms with E-state index in [1.165, 1.54) is 12.8 Å². The number of H-pyrrole nitrogens is 1. The smallest absolute Gasteiger partial charge is 0.290 e. The Balaban J connectivity index is 0.000000174. The van der Waals surface area contributed by atoms with Crippen LogP contribution in [0.1, 0.15) is 57.5 Å². The third-order valence-electron chi connectivity index (χ3n) is 9.15.